The Morgan fingerprint density at radius 2 is 1.73 bits per heavy atom. The molecule has 1 amide bonds. The number of nitrogens with one attached hydrogen (secondary N) is 1. The second-order valence-electron chi connectivity index (χ2n) is 4.93. The summed E-state index contributed by atoms with van der Waals surface area (Å²) in [5, 5.41) is 2.88. The van der Waals surface area contributed by atoms with Crippen LogP contribution in [0.4, 0.5) is 0 Å². The average Bonchev–Trinajstić information content (AvgIpc) is 3.09. The molecule has 4 nitrogen and oxygen atoms in total. The molecule has 0 atom stereocenters. The highest BCUT2D eigenvalue weighted by atomic mass is 16.3. The first-order valence-electron chi connectivity index (χ1n) is 7.14. The van der Waals surface area contributed by atoms with E-state index in [0.29, 0.717) is 18.5 Å². The highest BCUT2D eigenvalue weighted by Crippen LogP contribution is 2.19. The quantitative estimate of drug-likeness (QED) is 0.785. The number of nitrogens with zero attached hydrogens (tertiary/aromatic N) is 1. The van der Waals surface area contributed by atoms with Gasteiger partial charge in [-0.25, -0.2) is 4.98 Å². The Morgan fingerprint density at radius 1 is 1.00 bits per heavy atom. The topological polar surface area (TPSA) is 55.1 Å². The SMILES string of the molecule is O=C(NCCc1cocn1)c1ccc(-c2ccccc2)cc1. The minimum Gasteiger partial charge on any atom is -0.451 e. The Morgan fingerprint density at radius 3 is 2.41 bits per heavy atom. The molecular formula is C18H16N2O2. The fourth-order valence-electron chi connectivity index (χ4n) is 2.21. The Bertz CT molecular complexity index is 720. The molecule has 0 saturated heterocycles. The molecule has 0 aliphatic carbocycles. The minimum atomic E-state index is -0.0805. The van der Waals surface area contributed by atoms with E-state index in [2.05, 4.69) is 10.3 Å². The Hall–Kier alpha value is -2.88. The van der Waals surface area contributed by atoms with E-state index in [1.807, 2.05) is 54.6 Å². The highest BCUT2D eigenvalue weighted by Gasteiger charge is 2.06. The van der Waals surface area contributed by atoms with Crippen molar-refractivity contribution in [1.82, 2.24) is 10.3 Å². The first-order valence-corrected chi connectivity index (χ1v) is 7.14. The summed E-state index contributed by atoms with van der Waals surface area (Å²) >= 11 is 0. The molecule has 1 heterocycles. The first-order chi connectivity index (χ1) is 10.8. The van der Waals surface area contributed by atoms with E-state index in [4.69, 9.17) is 4.42 Å². The summed E-state index contributed by atoms with van der Waals surface area (Å²) in [6.07, 6.45) is 3.63. The van der Waals surface area contributed by atoms with Crippen LogP contribution in [-0.4, -0.2) is 17.4 Å². The van der Waals surface area contributed by atoms with Crippen molar-refractivity contribution in [3.8, 4) is 11.1 Å². The van der Waals surface area contributed by atoms with Gasteiger partial charge in [0.2, 0.25) is 0 Å². The van der Waals surface area contributed by atoms with E-state index < -0.39 is 0 Å². The maximum atomic E-state index is 12.1. The van der Waals surface area contributed by atoms with E-state index >= 15 is 0 Å². The van der Waals surface area contributed by atoms with Crippen molar-refractivity contribution in [3.05, 3.63) is 78.5 Å². The van der Waals surface area contributed by atoms with Crippen LogP contribution in [0.1, 0.15) is 16.1 Å². The average molecular weight is 292 g/mol. The Labute approximate surface area is 128 Å². The molecule has 110 valence electrons. The number of hydrogen-bond donors (Lipinski definition) is 1. The number of benzene rings is 2. The predicted molar refractivity (Wildman–Crippen MR) is 84.4 cm³/mol. The van der Waals surface area contributed by atoms with Crippen molar-refractivity contribution in [2.75, 3.05) is 6.54 Å². The first kappa shape index (κ1) is 14.1. The molecule has 4 heteroatoms. The summed E-state index contributed by atoms with van der Waals surface area (Å²) in [5.74, 6) is -0.0805. The molecule has 0 fully saturated rings. The normalized spacial score (nSPS) is 10.4. The van der Waals surface area contributed by atoms with Gasteiger partial charge in [-0.1, -0.05) is 42.5 Å². The van der Waals surface area contributed by atoms with E-state index in [1.54, 1.807) is 6.26 Å². The lowest BCUT2D eigenvalue weighted by atomic mass is 10.0. The zero-order valence-corrected chi connectivity index (χ0v) is 12.0. The lowest BCUT2D eigenvalue weighted by molar-refractivity contribution is 0.0954. The zero-order chi connectivity index (χ0) is 15.2. The second kappa shape index (κ2) is 6.72. The molecule has 0 bridgehead atoms. The maximum absolute atomic E-state index is 12.1. The van der Waals surface area contributed by atoms with Crippen molar-refractivity contribution in [1.29, 1.82) is 0 Å². The molecule has 0 saturated carbocycles. The lowest BCUT2D eigenvalue weighted by Crippen LogP contribution is -2.25. The lowest BCUT2D eigenvalue weighted by Gasteiger charge is -2.06. The summed E-state index contributed by atoms with van der Waals surface area (Å²) in [4.78, 5) is 16.1. The standard InChI is InChI=1S/C18H16N2O2/c21-18(19-11-10-17-12-22-13-20-17)16-8-6-15(7-9-16)14-4-2-1-3-5-14/h1-9,12-13H,10-11H2,(H,19,21). The van der Waals surface area contributed by atoms with Crippen LogP contribution in [0.15, 0.2) is 71.7 Å². The summed E-state index contributed by atoms with van der Waals surface area (Å²) in [6, 6.07) is 17.7. The van der Waals surface area contributed by atoms with Crippen LogP contribution < -0.4 is 5.32 Å². The van der Waals surface area contributed by atoms with Gasteiger partial charge in [-0.15, -0.1) is 0 Å². The molecule has 0 aliphatic heterocycles. The van der Waals surface area contributed by atoms with Gasteiger partial charge in [0.25, 0.3) is 5.91 Å². The van der Waals surface area contributed by atoms with E-state index in [1.165, 1.54) is 6.39 Å². The van der Waals surface area contributed by atoms with Crippen LogP contribution in [0, 0.1) is 0 Å². The van der Waals surface area contributed by atoms with Crippen LogP contribution in [0.2, 0.25) is 0 Å². The van der Waals surface area contributed by atoms with Crippen LogP contribution >= 0.6 is 0 Å². The third-order valence-corrected chi connectivity index (χ3v) is 3.40. The molecule has 0 aliphatic rings. The monoisotopic (exact) mass is 292 g/mol. The van der Waals surface area contributed by atoms with Crippen molar-refractivity contribution in [2.24, 2.45) is 0 Å². The molecule has 1 N–H and O–H groups in total. The Balaban J connectivity index is 1.59. The predicted octanol–water partition coefficient (Wildman–Crippen LogP) is 3.31. The second-order valence-corrected chi connectivity index (χ2v) is 4.93. The molecule has 1 aromatic heterocycles. The van der Waals surface area contributed by atoms with Crippen molar-refractivity contribution < 1.29 is 9.21 Å². The largest absolute Gasteiger partial charge is 0.451 e. The van der Waals surface area contributed by atoms with Gasteiger partial charge < -0.3 is 9.73 Å². The van der Waals surface area contributed by atoms with Crippen molar-refractivity contribution >= 4 is 5.91 Å². The van der Waals surface area contributed by atoms with Gasteiger partial charge in [0.1, 0.15) is 6.26 Å². The molecular weight excluding hydrogens is 276 g/mol. The number of carbonyl (C=O) groups is 1. The number of amides is 1. The fraction of sp³-hybridized carbons (Fsp3) is 0.111. The number of rotatable bonds is 5. The van der Waals surface area contributed by atoms with Gasteiger partial charge in [-0.2, -0.15) is 0 Å². The highest BCUT2D eigenvalue weighted by molar-refractivity contribution is 5.94. The summed E-state index contributed by atoms with van der Waals surface area (Å²) in [6.45, 7) is 0.534. The van der Waals surface area contributed by atoms with Crippen molar-refractivity contribution in [3.63, 3.8) is 0 Å². The molecule has 3 rings (SSSR count). The van der Waals surface area contributed by atoms with E-state index in [-0.39, 0.29) is 5.91 Å². The van der Waals surface area contributed by atoms with Gasteiger partial charge in [-0.05, 0) is 23.3 Å². The summed E-state index contributed by atoms with van der Waals surface area (Å²) < 4.78 is 4.89. The maximum Gasteiger partial charge on any atom is 0.251 e. The molecule has 2 aromatic carbocycles. The smallest absolute Gasteiger partial charge is 0.251 e. The third-order valence-electron chi connectivity index (χ3n) is 3.40. The third kappa shape index (κ3) is 3.41. The van der Waals surface area contributed by atoms with Gasteiger partial charge in [0.15, 0.2) is 6.39 Å². The van der Waals surface area contributed by atoms with Gasteiger partial charge in [0.05, 0.1) is 5.69 Å². The molecule has 3 aromatic rings. The van der Waals surface area contributed by atoms with Crippen molar-refractivity contribution in [2.45, 2.75) is 6.42 Å². The number of aromatic nitrogens is 1. The summed E-state index contributed by atoms with van der Waals surface area (Å²) in [7, 11) is 0. The molecule has 22 heavy (non-hydrogen) atoms. The number of carbonyl (C=O) groups excluding carboxylic acids is 1. The van der Waals surface area contributed by atoms with Gasteiger partial charge >= 0.3 is 0 Å². The number of hydrogen-bond acceptors (Lipinski definition) is 3. The van der Waals surface area contributed by atoms with Crippen LogP contribution in [0.3, 0.4) is 0 Å². The van der Waals surface area contributed by atoms with Crippen LogP contribution in [-0.2, 0) is 6.42 Å². The van der Waals surface area contributed by atoms with Crippen LogP contribution in [0.25, 0.3) is 11.1 Å². The minimum absolute atomic E-state index is 0.0805. The van der Waals surface area contributed by atoms with E-state index in [0.717, 1.165) is 16.8 Å². The number of oxazole rings is 1. The summed E-state index contributed by atoms with van der Waals surface area (Å²) in [5.41, 5.74) is 3.72. The molecule has 0 radical (unpaired) electrons. The Kier molecular flexibility index (Phi) is 4.30. The van der Waals surface area contributed by atoms with E-state index in [9.17, 15) is 4.79 Å². The van der Waals surface area contributed by atoms with Crippen LogP contribution in [0.5, 0.6) is 0 Å². The molecule has 0 spiro atoms. The van der Waals surface area contributed by atoms with Gasteiger partial charge in [-0.3, -0.25) is 4.79 Å². The molecule has 0 unspecified atom stereocenters. The fourth-order valence-corrected chi connectivity index (χ4v) is 2.21. The zero-order valence-electron chi connectivity index (χ0n) is 12.0. The van der Waals surface area contributed by atoms with Gasteiger partial charge in [0, 0.05) is 18.5 Å².